The van der Waals surface area contributed by atoms with Gasteiger partial charge in [0.1, 0.15) is 5.82 Å². The molecule has 2 atom stereocenters. The topological polar surface area (TPSA) is 45.6 Å². The van der Waals surface area contributed by atoms with Crippen molar-refractivity contribution in [1.29, 1.82) is 0 Å². The van der Waals surface area contributed by atoms with E-state index in [2.05, 4.69) is 50.4 Å². The van der Waals surface area contributed by atoms with Gasteiger partial charge in [-0.15, -0.1) is 0 Å². The van der Waals surface area contributed by atoms with Crippen molar-refractivity contribution in [2.45, 2.75) is 25.9 Å². The number of hydrogen-bond acceptors (Lipinski definition) is 4. The van der Waals surface area contributed by atoms with Gasteiger partial charge < -0.3 is 24.4 Å². The first-order valence-corrected chi connectivity index (χ1v) is 13.3. The number of morpholine rings is 1. The zero-order valence-corrected chi connectivity index (χ0v) is 22.3. The predicted octanol–water partition coefficient (Wildman–Crippen LogP) is 5.64. The van der Waals surface area contributed by atoms with E-state index in [1.807, 2.05) is 48.7 Å². The number of hydrogen-bond donors (Lipinski definition) is 1. The van der Waals surface area contributed by atoms with Crippen LogP contribution in [0.4, 0.5) is 15.8 Å². The number of ether oxygens (including phenoxy) is 1. The summed E-state index contributed by atoms with van der Waals surface area (Å²) in [6.45, 7) is 7.32. The Kier molecular flexibility index (Phi) is 6.59. The van der Waals surface area contributed by atoms with E-state index in [0.717, 1.165) is 54.6 Å². The summed E-state index contributed by atoms with van der Waals surface area (Å²) >= 11 is 5.93. The third kappa shape index (κ3) is 4.33. The molecule has 38 heavy (non-hydrogen) atoms. The van der Waals surface area contributed by atoms with Gasteiger partial charge in [-0.1, -0.05) is 18.2 Å². The lowest BCUT2D eigenvalue weighted by atomic mass is 9.96. The zero-order chi connectivity index (χ0) is 26.2. The number of anilines is 2. The lowest BCUT2D eigenvalue weighted by Gasteiger charge is -2.31. The van der Waals surface area contributed by atoms with Crippen LogP contribution in [-0.4, -0.2) is 41.0 Å². The van der Waals surface area contributed by atoms with E-state index < -0.39 is 0 Å². The molecule has 2 aromatic heterocycles. The van der Waals surface area contributed by atoms with Crippen molar-refractivity contribution in [3.63, 3.8) is 0 Å². The van der Waals surface area contributed by atoms with Gasteiger partial charge in [-0.3, -0.25) is 4.98 Å². The number of halogens is 1. The minimum atomic E-state index is -0.252. The fourth-order valence-corrected chi connectivity index (χ4v) is 6.03. The largest absolute Gasteiger partial charge is 0.378 e. The first kappa shape index (κ1) is 24.6. The van der Waals surface area contributed by atoms with Gasteiger partial charge in [-0.2, -0.15) is 0 Å². The van der Waals surface area contributed by atoms with Crippen LogP contribution < -0.4 is 15.1 Å². The maximum absolute atomic E-state index is 14.9. The number of nitrogens with one attached hydrogen (secondary N) is 1. The van der Waals surface area contributed by atoms with Gasteiger partial charge in [0, 0.05) is 42.0 Å². The Bertz CT molecular complexity index is 1450. The van der Waals surface area contributed by atoms with E-state index in [1.165, 1.54) is 11.8 Å². The summed E-state index contributed by atoms with van der Waals surface area (Å²) in [5.41, 5.74) is 6.62. The Morgan fingerprint density at radius 1 is 0.947 bits per heavy atom. The molecule has 0 bridgehead atoms. The van der Waals surface area contributed by atoms with Crippen LogP contribution in [0.1, 0.15) is 34.7 Å². The lowest BCUT2D eigenvalue weighted by Crippen LogP contribution is -2.36. The Balaban J connectivity index is 1.44. The van der Waals surface area contributed by atoms with E-state index in [1.54, 1.807) is 12.3 Å². The van der Waals surface area contributed by atoms with Gasteiger partial charge in [0.15, 0.2) is 5.11 Å². The summed E-state index contributed by atoms with van der Waals surface area (Å²) in [6.07, 6.45) is 1.81. The molecule has 0 spiro atoms. The fourth-order valence-electron chi connectivity index (χ4n) is 5.69. The van der Waals surface area contributed by atoms with Crippen molar-refractivity contribution >= 4 is 28.7 Å². The minimum absolute atomic E-state index is 0.168. The molecular formula is C30H30FN5OS. The van der Waals surface area contributed by atoms with E-state index >= 15 is 0 Å². The van der Waals surface area contributed by atoms with Crippen LogP contribution in [0.5, 0.6) is 0 Å². The van der Waals surface area contributed by atoms with Gasteiger partial charge in [0.25, 0.3) is 0 Å². The van der Waals surface area contributed by atoms with Crippen LogP contribution in [0, 0.1) is 19.7 Å². The van der Waals surface area contributed by atoms with E-state index in [4.69, 9.17) is 17.0 Å². The van der Waals surface area contributed by atoms with Gasteiger partial charge in [0.05, 0.1) is 36.7 Å². The van der Waals surface area contributed by atoms with Crippen molar-refractivity contribution in [3.05, 3.63) is 107 Å². The van der Waals surface area contributed by atoms with Crippen LogP contribution in [0.25, 0.3) is 5.69 Å². The Morgan fingerprint density at radius 3 is 2.37 bits per heavy atom. The molecule has 6 rings (SSSR count). The molecule has 0 radical (unpaired) electrons. The molecule has 4 aromatic rings. The Labute approximate surface area is 227 Å². The average Bonchev–Trinajstić information content (AvgIpc) is 3.45. The van der Waals surface area contributed by atoms with Crippen molar-refractivity contribution in [3.8, 4) is 5.69 Å². The molecule has 6 nitrogen and oxygen atoms in total. The zero-order valence-electron chi connectivity index (χ0n) is 21.5. The molecule has 2 aliphatic rings. The molecule has 0 amide bonds. The highest BCUT2D eigenvalue weighted by atomic mass is 32.1. The molecule has 4 heterocycles. The molecule has 0 aliphatic carbocycles. The smallest absolute Gasteiger partial charge is 0.174 e. The van der Waals surface area contributed by atoms with Gasteiger partial charge in [-0.25, -0.2) is 4.39 Å². The standard InChI is InChI=1S/C30H30FN5OS/c1-20-19-24(21(2)35(20)27-9-4-3-7-25(27)31)29-28(26-8-5-6-14-32-26)33-30(38)36(29)23-12-10-22(11-13-23)34-15-17-37-18-16-34/h3-14,19,28-29H,15-18H2,1-2H3,(H,33,38)/t28-,29+/m0/s1. The number of nitrogens with zero attached hydrogens (tertiary/aromatic N) is 4. The van der Waals surface area contributed by atoms with E-state index in [0.29, 0.717) is 10.8 Å². The molecular weight excluding hydrogens is 497 g/mol. The number of pyridine rings is 1. The quantitative estimate of drug-likeness (QED) is 0.339. The third-order valence-electron chi connectivity index (χ3n) is 7.48. The van der Waals surface area contributed by atoms with Crippen LogP contribution in [0.2, 0.25) is 0 Å². The van der Waals surface area contributed by atoms with Gasteiger partial charge >= 0.3 is 0 Å². The first-order valence-electron chi connectivity index (χ1n) is 12.9. The number of aromatic nitrogens is 2. The summed E-state index contributed by atoms with van der Waals surface area (Å²) in [7, 11) is 0. The van der Waals surface area contributed by atoms with Crippen LogP contribution in [-0.2, 0) is 4.74 Å². The SMILES string of the molecule is Cc1cc([C@@H]2[C@H](c3ccccn3)NC(=S)N2c2ccc(N3CCOCC3)cc2)c(C)n1-c1ccccc1F. The van der Waals surface area contributed by atoms with Crippen molar-refractivity contribution in [1.82, 2.24) is 14.9 Å². The predicted molar refractivity (Wildman–Crippen MR) is 153 cm³/mol. The maximum Gasteiger partial charge on any atom is 0.174 e. The molecule has 2 aliphatic heterocycles. The third-order valence-corrected chi connectivity index (χ3v) is 7.80. The molecule has 0 saturated carbocycles. The van der Waals surface area contributed by atoms with Crippen LogP contribution in [0.3, 0.4) is 0 Å². The highest BCUT2D eigenvalue weighted by molar-refractivity contribution is 7.80. The van der Waals surface area contributed by atoms with Crippen molar-refractivity contribution in [2.24, 2.45) is 0 Å². The highest BCUT2D eigenvalue weighted by Crippen LogP contribution is 2.44. The fraction of sp³-hybridized carbons (Fsp3) is 0.267. The lowest BCUT2D eigenvalue weighted by molar-refractivity contribution is 0.122. The summed E-state index contributed by atoms with van der Waals surface area (Å²) in [4.78, 5) is 9.18. The molecule has 194 valence electrons. The summed E-state index contributed by atoms with van der Waals surface area (Å²) in [5.74, 6) is -0.252. The summed E-state index contributed by atoms with van der Waals surface area (Å²) in [5, 5.41) is 4.18. The summed E-state index contributed by atoms with van der Waals surface area (Å²) in [6, 6.07) is 23.2. The van der Waals surface area contributed by atoms with Crippen molar-refractivity contribution < 1.29 is 9.13 Å². The Hall–Kier alpha value is -3.75. The van der Waals surface area contributed by atoms with E-state index in [9.17, 15) is 4.39 Å². The second-order valence-electron chi connectivity index (χ2n) is 9.73. The number of para-hydroxylation sites is 1. The molecule has 0 unspecified atom stereocenters. The second-order valence-corrected chi connectivity index (χ2v) is 10.1. The molecule has 1 N–H and O–H groups in total. The Morgan fingerprint density at radius 2 is 1.66 bits per heavy atom. The first-order chi connectivity index (χ1) is 18.5. The number of aryl methyl sites for hydroxylation is 1. The van der Waals surface area contributed by atoms with Gasteiger partial charge in [-0.05, 0) is 86.2 Å². The molecule has 8 heteroatoms. The highest BCUT2D eigenvalue weighted by Gasteiger charge is 2.42. The number of thiocarbonyl (C=S) groups is 1. The average molecular weight is 528 g/mol. The van der Waals surface area contributed by atoms with Crippen molar-refractivity contribution in [2.75, 3.05) is 36.1 Å². The molecule has 2 saturated heterocycles. The molecule has 2 fully saturated rings. The number of rotatable bonds is 5. The molecule has 2 aromatic carbocycles. The van der Waals surface area contributed by atoms with Crippen LogP contribution in [0.15, 0.2) is 79.0 Å². The summed E-state index contributed by atoms with van der Waals surface area (Å²) < 4.78 is 22.4. The monoisotopic (exact) mass is 527 g/mol. The van der Waals surface area contributed by atoms with E-state index in [-0.39, 0.29) is 17.9 Å². The second kappa shape index (κ2) is 10.2. The van der Waals surface area contributed by atoms with Crippen LogP contribution >= 0.6 is 12.2 Å². The maximum atomic E-state index is 14.9. The normalized spacial score (nSPS) is 19.6. The van der Waals surface area contributed by atoms with Gasteiger partial charge in [0.2, 0.25) is 0 Å². The number of benzene rings is 2. The minimum Gasteiger partial charge on any atom is -0.378 e.